The minimum Gasteiger partial charge on any atom is -0.507 e. The maximum Gasteiger partial charge on any atom is 0.271 e. The minimum absolute atomic E-state index is 0.0447. The molecule has 0 radical (unpaired) electrons. The van der Waals surface area contributed by atoms with Gasteiger partial charge in [0.1, 0.15) is 17.2 Å². The molecular formula is C16H16N2O4. The van der Waals surface area contributed by atoms with Crippen molar-refractivity contribution < 1.29 is 19.4 Å². The number of nitrogens with zero attached hydrogens (tertiary/aromatic N) is 1. The first-order valence-electron chi connectivity index (χ1n) is 6.48. The second-order valence-electron chi connectivity index (χ2n) is 4.35. The lowest BCUT2D eigenvalue weighted by Crippen LogP contribution is -2.17. The van der Waals surface area contributed by atoms with E-state index in [9.17, 15) is 9.90 Å². The molecule has 0 atom stereocenters. The Morgan fingerprint density at radius 2 is 1.73 bits per heavy atom. The molecule has 6 nitrogen and oxygen atoms in total. The highest BCUT2D eigenvalue weighted by atomic mass is 16.5. The van der Waals surface area contributed by atoms with E-state index in [-0.39, 0.29) is 11.7 Å². The van der Waals surface area contributed by atoms with E-state index >= 15 is 0 Å². The number of methoxy groups -OCH3 is 2. The fraction of sp³-hybridized carbons (Fsp3) is 0.125. The fourth-order valence-corrected chi connectivity index (χ4v) is 1.73. The van der Waals surface area contributed by atoms with Crippen LogP contribution in [0.5, 0.6) is 17.2 Å². The first-order chi connectivity index (χ1) is 10.6. The van der Waals surface area contributed by atoms with Gasteiger partial charge < -0.3 is 14.6 Å². The van der Waals surface area contributed by atoms with Gasteiger partial charge in [-0.15, -0.1) is 0 Å². The van der Waals surface area contributed by atoms with Crippen LogP contribution in [0.2, 0.25) is 0 Å². The van der Waals surface area contributed by atoms with Crippen LogP contribution in [-0.4, -0.2) is 31.4 Å². The summed E-state index contributed by atoms with van der Waals surface area (Å²) in [7, 11) is 3.08. The molecule has 0 fully saturated rings. The molecule has 0 aliphatic carbocycles. The van der Waals surface area contributed by atoms with E-state index in [0.717, 1.165) is 0 Å². The molecule has 114 valence electrons. The Morgan fingerprint density at radius 3 is 2.36 bits per heavy atom. The molecule has 0 heterocycles. The predicted octanol–water partition coefficient (Wildman–Crippen LogP) is 2.17. The van der Waals surface area contributed by atoms with Gasteiger partial charge >= 0.3 is 0 Å². The highest BCUT2D eigenvalue weighted by molar-refractivity contribution is 5.95. The van der Waals surface area contributed by atoms with Crippen LogP contribution in [0.3, 0.4) is 0 Å². The molecule has 1 amide bonds. The molecule has 0 bridgehead atoms. The molecule has 0 aliphatic rings. The normalized spacial score (nSPS) is 10.5. The van der Waals surface area contributed by atoms with Crippen molar-refractivity contribution in [1.82, 2.24) is 5.43 Å². The van der Waals surface area contributed by atoms with E-state index in [1.807, 2.05) is 0 Å². The zero-order chi connectivity index (χ0) is 15.9. The number of carbonyl (C=O) groups excluding carboxylic acids is 1. The number of amides is 1. The quantitative estimate of drug-likeness (QED) is 0.655. The first-order valence-corrected chi connectivity index (χ1v) is 6.48. The van der Waals surface area contributed by atoms with E-state index in [0.29, 0.717) is 22.6 Å². The number of benzene rings is 2. The van der Waals surface area contributed by atoms with Gasteiger partial charge in [-0.2, -0.15) is 5.10 Å². The zero-order valence-electron chi connectivity index (χ0n) is 12.2. The molecule has 2 N–H and O–H groups in total. The van der Waals surface area contributed by atoms with Crippen LogP contribution in [0.4, 0.5) is 0 Å². The lowest BCUT2D eigenvalue weighted by molar-refractivity contribution is 0.0955. The zero-order valence-corrected chi connectivity index (χ0v) is 12.2. The predicted molar refractivity (Wildman–Crippen MR) is 82.7 cm³/mol. The molecule has 0 saturated carbocycles. The Balaban J connectivity index is 2.03. The fourth-order valence-electron chi connectivity index (χ4n) is 1.73. The van der Waals surface area contributed by atoms with E-state index < -0.39 is 0 Å². The number of hydrogen-bond acceptors (Lipinski definition) is 5. The van der Waals surface area contributed by atoms with Gasteiger partial charge in [0.05, 0.1) is 20.4 Å². The summed E-state index contributed by atoms with van der Waals surface area (Å²) in [5.74, 6) is 0.937. The molecule has 2 rings (SSSR count). The van der Waals surface area contributed by atoms with Crippen molar-refractivity contribution >= 4 is 12.1 Å². The van der Waals surface area contributed by atoms with E-state index in [1.165, 1.54) is 19.4 Å². The average Bonchev–Trinajstić information content (AvgIpc) is 2.56. The van der Waals surface area contributed by atoms with Gasteiger partial charge in [-0.05, 0) is 42.5 Å². The highest BCUT2D eigenvalue weighted by Crippen LogP contribution is 2.21. The van der Waals surface area contributed by atoms with Gasteiger partial charge in [0.25, 0.3) is 5.91 Å². The summed E-state index contributed by atoms with van der Waals surface area (Å²) in [6.45, 7) is 0. The molecule has 2 aromatic rings. The van der Waals surface area contributed by atoms with Crippen LogP contribution in [0.15, 0.2) is 47.6 Å². The lowest BCUT2D eigenvalue weighted by Gasteiger charge is -2.04. The number of nitrogens with one attached hydrogen (secondary N) is 1. The van der Waals surface area contributed by atoms with E-state index in [1.54, 1.807) is 43.5 Å². The number of phenolic OH excluding ortho intramolecular Hbond substituents is 1. The second kappa shape index (κ2) is 7.12. The van der Waals surface area contributed by atoms with Crippen molar-refractivity contribution in [1.29, 1.82) is 0 Å². The van der Waals surface area contributed by atoms with Gasteiger partial charge in [0.2, 0.25) is 0 Å². The summed E-state index contributed by atoms with van der Waals surface area (Å²) in [6.07, 6.45) is 1.35. The van der Waals surface area contributed by atoms with Crippen LogP contribution in [0, 0.1) is 0 Å². The number of hydrazone groups is 1. The standard InChI is InChI=1S/C16H16N2O4/c1-21-13-5-3-11(4-6-13)16(20)18-17-10-12-9-14(22-2)7-8-15(12)19/h3-10,19H,1-2H3,(H,18,20)/b17-10+. The van der Waals surface area contributed by atoms with Crippen molar-refractivity contribution in [2.75, 3.05) is 14.2 Å². The number of ether oxygens (including phenoxy) is 2. The van der Waals surface area contributed by atoms with Crippen molar-refractivity contribution in [3.63, 3.8) is 0 Å². The van der Waals surface area contributed by atoms with Crippen molar-refractivity contribution in [2.45, 2.75) is 0 Å². The molecule has 6 heteroatoms. The van der Waals surface area contributed by atoms with Gasteiger partial charge in [-0.1, -0.05) is 0 Å². The molecule has 0 saturated heterocycles. The largest absolute Gasteiger partial charge is 0.507 e. The number of phenols is 1. The van der Waals surface area contributed by atoms with Gasteiger partial charge in [-0.3, -0.25) is 4.79 Å². The molecule has 2 aromatic carbocycles. The average molecular weight is 300 g/mol. The molecular weight excluding hydrogens is 284 g/mol. The summed E-state index contributed by atoms with van der Waals surface area (Å²) < 4.78 is 10.1. The highest BCUT2D eigenvalue weighted by Gasteiger charge is 2.04. The van der Waals surface area contributed by atoms with Crippen LogP contribution >= 0.6 is 0 Å². The minimum atomic E-state index is -0.360. The third-order valence-corrected chi connectivity index (χ3v) is 2.96. The number of rotatable bonds is 5. The summed E-state index contributed by atoms with van der Waals surface area (Å²) in [5.41, 5.74) is 3.28. The number of hydrogen-bond donors (Lipinski definition) is 2. The first kappa shape index (κ1) is 15.4. The number of aromatic hydroxyl groups is 1. The topological polar surface area (TPSA) is 80.2 Å². The van der Waals surface area contributed by atoms with Crippen LogP contribution in [0.1, 0.15) is 15.9 Å². The Kier molecular flexibility index (Phi) is 4.98. The Hall–Kier alpha value is -3.02. The van der Waals surface area contributed by atoms with Gasteiger partial charge in [-0.25, -0.2) is 5.43 Å². The van der Waals surface area contributed by atoms with Gasteiger partial charge in [0, 0.05) is 11.1 Å². The third-order valence-electron chi connectivity index (χ3n) is 2.96. The van der Waals surface area contributed by atoms with E-state index in [2.05, 4.69) is 10.5 Å². The molecule has 22 heavy (non-hydrogen) atoms. The lowest BCUT2D eigenvalue weighted by atomic mass is 10.2. The Bertz CT molecular complexity index is 681. The molecule has 0 spiro atoms. The second-order valence-corrected chi connectivity index (χ2v) is 4.35. The van der Waals surface area contributed by atoms with Crippen molar-refractivity contribution in [3.8, 4) is 17.2 Å². The van der Waals surface area contributed by atoms with Crippen LogP contribution in [-0.2, 0) is 0 Å². The summed E-state index contributed by atoms with van der Waals surface area (Å²) in [4.78, 5) is 11.9. The molecule has 0 aromatic heterocycles. The third kappa shape index (κ3) is 3.76. The maximum atomic E-state index is 11.9. The van der Waals surface area contributed by atoms with Crippen molar-refractivity contribution in [3.05, 3.63) is 53.6 Å². The number of carbonyl (C=O) groups is 1. The Labute approximate surface area is 128 Å². The molecule has 0 unspecified atom stereocenters. The Morgan fingerprint density at radius 1 is 1.09 bits per heavy atom. The summed E-state index contributed by atoms with van der Waals surface area (Å²) in [6, 6.07) is 11.4. The van der Waals surface area contributed by atoms with E-state index in [4.69, 9.17) is 9.47 Å². The monoisotopic (exact) mass is 300 g/mol. The maximum absolute atomic E-state index is 11.9. The smallest absolute Gasteiger partial charge is 0.271 e. The summed E-state index contributed by atoms with van der Waals surface area (Å²) in [5, 5.41) is 13.5. The van der Waals surface area contributed by atoms with Crippen molar-refractivity contribution in [2.24, 2.45) is 5.10 Å². The SMILES string of the molecule is COc1ccc(C(=O)N/N=C/c2cc(OC)ccc2O)cc1. The van der Waals surface area contributed by atoms with Crippen LogP contribution in [0.25, 0.3) is 0 Å². The molecule has 0 aliphatic heterocycles. The van der Waals surface area contributed by atoms with Gasteiger partial charge in [0.15, 0.2) is 0 Å². The summed E-state index contributed by atoms with van der Waals surface area (Å²) >= 11 is 0. The van der Waals surface area contributed by atoms with Crippen LogP contribution < -0.4 is 14.9 Å².